The smallest absolute Gasteiger partial charge is 0.261 e. The van der Waals surface area contributed by atoms with Crippen LogP contribution in [-0.4, -0.2) is 59.6 Å². The summed E-state index contributed by atoms with van der Waals surface area (Å²) in [6.45, 7) is 1.88. The first-order valence-electron chi connectivity index (χ1n) is 12.9. The average molecular weight is 564 g/mol. The molecule has 208 valence electrons. The van der Waals surface area contributed by atoms with Crippen LogP contribution in [-0.2, 0) is 22.1 Å². The number of fused-ring (bicyclic) bond motifs is 1. The number of nitrogens with zero attached hydrogens (tertiary/aromatic N) is 5. The molecule has 12 heteroatoms. The summed E-state index contributed by atoms with van der Waals surface area (Å²) < 4.78 is 42.5. The number of hydrogen-bond acceptors (Lipinski definition) is 7. The van der Waals surface area contributed by atoms with E-state index < -0.39 is 15.6 Å². The molecule has 0 radical (unpaired) electrons. The molecule has 1 saturated heterocycles. The first kappa shape index (κ1) is 27.5. The van der Waals surface area contributed by atoms with Crippen molar-refractivity contribution in [3.8, 4) is 6.07 Å². The lowest BCUT2D eigenvalue weighted by molar-refractivity contribution is 0.101. The van der Waals surface area contributed by atoms with Gasteiger partial charge in [0.2, 0.25) is 10.0 Å². The molecule has 0 saturated carbocycles. The molecule has 1 fully saturated rings. The summed E-state index contributed by atoms with van der Waals surface area (Å²) in [4.78, 5) is 18.0. The Bertz CT molecular complexity index is 1750. The molecule has 1 aliphatic heterocycles. The molecule has 5 rings (SSSR count). The van der Waals surface area contributed by atoms with Gasteiger partial charge in [0.25, 0.3) is 5.56 Å². The number of piperidine rings is 1. The molecule has 10 nitrogen and oxygen atoms in total. The Kier molecular flexibility index (Phi) is 7.46. The zero-order valence-electron chi connectivity index (χ0n) is 22.3. The van der Waals surface area contributed by atoms with Crippen molar-refractivity contribution in [3.63, 3.8) is 0 Å². The number of nitrogens with one attached hydrogen (secondary N) is 2. The zero-order chi connectivity index (χ0) is 28.5. The molecule has 0 aliphatic carbocycles. The number of sulfonamides is 1. The number of anilines is 2. The van der Waals surface area contributed by atoms with Crippen LogP contribution >= 0.6 is 0 Å². The van der Waals surface area contributed by atoms with E-state index in [2.05, 4.69) is 21.3 Å². The Morgan fingerprint density at radius 2 is 1.90 bits per heavy atom. The highest BCUT2D eigenvalue weighted by atomic mass is 32.2. The third kappa shape index (κ3) is 5.11. The Labute approximate surface area is 231 Å². The van der Waals surface area contributed by atoms with Crippen LogP contribution in [0.4, 0.5) is 15.9 Å². The normalized spacial score (nSPS) is 15.8. The standard InChI is InChI=1S/C28H30FN7O3S/c1-34(2)40(38,39)24-9-4-3-8-22(24)32-26-25-23(10-15-31-27(25)37)36(33-26)28(11-14-30)12-16-35(17-13-28)19-20-6-5-7-21(29)18-20/h3-10,15,18H,11-13,16-17,19H2,1-2H3,(H,31,37)(H,32,33). The van der Waals surface area contributed by atoms with Crippen LogP contribution in [0.25, 0.3) is 10.9 Å². The van der Waals surface area contributed by atoms with Gasteiger partial charge in [-0.1, -0.05) is 24.3 Å². The maximum atomic E-state index is 13.7. The van der Waals surface area contributed by atoms with Crippen molar-refractivity contribution in [3.05, 3.63) is 82.5 Å². The second-order valence-corrected chi connectivity index (χ2v) is 12.3. The van der Waals surface area contributed by atoms with Gasteiger partial charge in [-0.15, -0.1) is 0 Å². The van der Waals surface area contributed by atoms with Crippen molar-refractivity contribution in [1.29, 1.82) is 5.26 Å². The number of rotatable bonds is 8. The number of H-pyrrole nitrogens is 1. The minimum absolute atomic E-state index is 0.0486. The number of hydrogen-bond donors (Lipinski definition) is 2. The number of halogens is 1. The number of benzene rings is 2. The van der Waals surface area contributed by atoms with E-state index in [0.29, 0.717) is 38.0 Å². The fourth-order valence-corrected chi connectivity index (χ4v) is 6.32. The van der Waals surface area contributed by atoms with Crippen LogP contribution in [0.3, 0.4) is 0 Å². The Hall–Kier alpha value is -4.05. The highest BCUT2D eigenvalue weighted by Gasteiger charge is 2.39. The van der Waals surface area contributed by atoms with Gasteiger partial charge < -0.3 is 10.3 Å². The minimum Gasteiger partial charge on any atom is -0.337 e. The minimum atomic E-state index is -3.78. The van der Waals surface area contributed by atoms with E-state index in [9.17, 15) is 22.9 Å². The summed E-state index contributed by atoms with van der Waals surface area (Å²) in [6, 6.07) is 17.0. The van der Waals surface area contributed by atoms with Crippen molar-refractivity contribution >= 4 is 32.4 Å². The first-order valence-corrected chi connectivity index (χ1v) is 14.3. The van der Waals surface area contributed by atoms with Gasteiger partial charge in [-0.25, -0.2) is 17.1 Å². The van der Waals surface area contributed by atoms with E-state index in [1.807, 2.05) is 6.07 Å². The largest absolute Gasteiger partial charge is 0.337 e. The van der Waals surface area contributed by atoms with E-state index in [-0.39, 0.29) is 39.6 Å². The van der Waals surface area contributed by atoms with Gasteiger partial charge in [0.15, 0.2) is 5.82 Å². The van der Waals surface area contributed by atoms with Gasteiger partial charge in [0.1, 0.15) is 16.1 Å². The zero-order valence-corrected chi connectivity index (χ0v) is 23.1. The second kappa shape index (κ2) is 10.8. The molecule has 3 heterocycles. The van der Waals surface area contributed by atoms with Gasteiger partial charge in [-0.2, -0.15) is 10.4 Å². The van der Waals surface area contributed by atoms with Crippen LogP contribution in [0.15, 0.2) is 70.5 Å². The molecule has 0 atom stereocenters. The SMILES string of the molecule is CN(C)S(=O)(=O)c1ccccc1Nc1nn(C2(CC#N)CCN(Cc3cccc(F)c3)CC2)c2cc[nH]c(=O)c12. The summed E-state index contributed by atoms with van der Waals surface area (Å²) in [6.07, 6.45) is 2.89. The van der Waals surface area contributed by atoms with Crippen molar-refractivity contribution in [2.75, 3.05) is 32.5 Å². The first-order chi connectivity index (χ1) is 19.1. The predicted molar refractivity (Wildman–Crippen MR) is 150 cm³/mol. The third-order valence-corrected chi connectivity index (χ3v) is 9.32. The van der Waals surface area contributed by atoms with Crippen molar-refractivity contribution in [1.82, 2.24) is 24.0 Å². The highest BCUT2D eigenvalue weighted by Crippen LogP contribution is 2.38. The summed E-state index contributed by atoms with van der Waals surface area (Å²) in [5.41, 5.74) is 0.642. The lowest BCUT2D eigenvalue weighted by Gasteiger charge is -2.41. The van der Waals surface area contributed by atoms with E-state index >= 15 is 0 Å². The monoisotopic (exact) mass is 563 g/mol. The molecular formula is C28H30FN7O3S. The van der Waals surface area contributed by atoms with Gasteiger partial charge in [-0.05, 0) is 48.7 Å². The lowest BCUT2D eigenvalue weighted by Crippen LogP contribution is -2.46. The molecule has 2 aromatic carbocycles. The molecular weight excluding hydrogens is 533 g/mol. The number of likely N-dealkylation sites (tertiary alicyclic amines) is 1. The fourth-order valence-electron chi connectivity index (χ4n) is 5.28. The van der Waals surface area contributed by atoms with Crippen LogP contribution in [0, 0.1) is 17.1 Å². The van der Waals surface area contributed by atoms with Gasteiger partial charge in [-0.3, -0.25) is 14.4 Å². The molecule has 0 spiro atoms. The highest BCUT2D eigenvalue weighted by molar-refractivity contribution is 7.89. The van der Waals surface area contributed by atoms with E-state index in [0.717, 1.165) is 9.87 Å². The summed E-state index contributed by atoms with van der Waals surface area (Å²) in [5, 5.41) is 18.0. The van der Waals surface area contributed by atoms with Gasteiger partial charge in [0.05, 0.1) is 29.2 Å². The fraction of sp³-hybridized carbons (Fsp3) is 0.321. The Balaban J connectivity index is 1.52. The number of aromatic nitrogens is 3. The second-order valence-electron chi connectivity index (χ2n) is 10.2. The molecule has 1 aliphatic rings. The predicted octanol–water partition coefficient (Wildman–Crippen LogP) is 3.76. The van der Waals surface area contributed by atoms with E-state index in [1.165, 1.54) is 38.5 Å². The van der Waals surface area contributed by atoms with Gasteiger partial charge >= 0.3 is 0 Å². The van der Waals surface area contributed by atoms with E-state index in [1.54, 1.807) is 35.0 Å². The molecule has 2 N–H and O–H groups in total. The number of aromatic amines is 1. The number of para-hydroxylation sites is 1. The molecule has 0 unspecified atom stereocenters. The maximum Gasteiger partial charge on any atom is 0.261 e. The molecule has 2 aromatic heterocycles. The van der Waals surface area contributed by atoms with Gasteiger partial charge in [0, 0.05) is 39.9 Å². The van der Waals surface area contributed by atoms with Crippen LogP contribution in [0.2, 0.25) is 0 Å². The quantitative estimate of drug-likeness (QED) is 0.334. The van der Waals surface area contributed by atoms with Crippen LogP contribution in [0.1, 0.15) is 24.8 Å². The third-order valence-electron chi connectivity index (χ3n) is 7.44. The summed E-state index contributed by atoms with van der Waals surface area (Å²) >= 11 is 0. The number of nitriles is 1. The van der Waals surface area contributed by atoms with E-state index in [4.69, 9.17) is 5.10 Å². The van der Waals surface area contributed by atoms with Crippen molar-refractivity contribution in [2.24, 2.45) is 0 Å². The Morgan fingerprint density at radius 1 is 1.15 bits per heavy atom. The summed E-state index contributed by atoms with van der Waals surface area (Å²) in [7, 11) is -0.879. The molecule has 0 bridgehead atoms. The number of pyridine rings is 1. The molecule has 4 aromatic rings. The van der Waals surface area contributed by atoms with Crippen LogP contribution in [0.5, 0.6) is 0 Å². The topological polar surface area (TPSA) is 127 Å². The Morgan fingerprint density at radius 3 is 2.60 bits per heavy atom. The van der Waals surface area contributed by atoms with Crippen molar-refractivity contribution < 1.29 is 12.8 Å². The average Bonchev–Trinajstić information content (AvgIpc) is 3.30. The maximum absolute atomic E-state index is 13.7. The summed E-state index contributed by atoms with van der Waals surface area (Å²) in [5.74, 6) is -0.0701. The van der Waals surface area contributed by atoms with Crippen molar-refractivity contribution in [2.45, 2.75) is 36.2 Å². The molecule has 40 heavy (non-hydrogen) atoms. The molecule has 0 amide bonds. The van der Waals surface area contributed by atoms with Crippen LogP contribution < -0.4 is 10.9 Å². The lowest BCUT2D eigenvalue weighted by atomic mass is 9.84.